The molecule has 2 aromatic carbocycles. The van der Waals surface area contributed by atoms with Crippen molar-refractivity contribution in [1.82, 2.24) is 9.97 Å². The summed E-state index contributed by atoms with van der Waals surface area (Å²) in [5.41, 5.74) is 3.34. The van der Waals surface area contributed by atoms with Crippen molar-refractivity contribution >= 4 is 24.8 Å². The van der Waals surface area contributed by atoms with Crippen LogP contribution in [0.1, 0.15) is 18.6 Å². The highest BCUT2D eigenvalue weighted by atomic mass is 16.5. The number of aliphatic hydroxyl groups is 1. The van der Waals surface area contributed by atoms with Gasteiger partial charge in [-0.2, -0.15) is 0 Å². The molecule has 0 amide bonds. The van der Waals surface area contributed by atoms with Crippen LogP contribution in [-0.2, 0) is 0 Å². The smallest absolute Gasteiger partial charge is 0.224 e. The second-order valence-corrected chi connectivity index (χ2v) is 6.49. The third kappa shape index (κ3) is 5.70. The molecule has 144 valence electrons. The zero-order valence-electron chi connectivity index (χ0n) is 16.1. The molecule has 0 saturated heterocycles. The molecule has 7 heteroatoms. The summed E-state index contributed by atoms with van der Waals surface area (Å²) in [4.78, 5) is 8.20. The molecule has 1 unspecified atom stereocenters. The van der Waals surface area contributed by atoms with Gasteiger partial charge < -0.3 is 20.5 Å². The molecule has 0 aliphatic rings. The minimum atomic E-state index is -0.855. The van der Waals surface area contributed by atoms with Crippen LogP contribution in [0, 0.1) is 0 Å². The SMILES string of the molecule is [B]c1ccc(C(O)C(=C)Nc2ccc(Oc3cc(NC(=C)C)ncn3)cc2)cc1. The first-order valence-corrected chi connectivity index (χ1v) is 8.92. The molecule has 1 heterocycles. The molecule has 1 aromatic heterocycles. The Labute approximate surface area is 171 Å². The van der Waals surface area contributed by atoms with E-state index in [9.17, 15) is 5.11 Å². The van der Waals surface area contributed by atoms with Crippen molar-refractivity contribution < 1.29 is 9.84 Å². The van der Waals surface area contributed by atoms with E-state index in [4.69, 9.17) is 12.6 Å². The van der Waals surface area contributed by atoms with Gasteiger partial charge in [0.1, 0.15) is 31.8 Å². The summed E-state index contributed by atoms with van der Waals surface area (Å²) in [6.07, 6.45) is 0.561. The van der Waals surface area contributed by atoms with Gasteiger partial charge in [-0.1, -0.05) is 42.9 Å². The van der Waals surface area contributed by atoms with E-state index in [-0.39, 0.29) is 0 Å². The maximum absolute atomic E-state index is 10.4. The monoisotopic (exact) mass is 384 g/mol. The normalized spacial score (nSPS) is 11.4. The maximum Gasteiger partial charge on any atom is 0.224 e. The summed E-state index contributed by atoms with van der Waals surface area (Å²) >= 11 is 0. The van der Waals surface area contributed by atoms with Crippen LogP contribution in [-0.4, -0.2) is 22.9 Å². The lowest BCUT2D eigenvalue weighted by Crippen LogP contribution is -2.10. The molecular formula is C22H21BN4O2. The predicted molar refractivity (Wildman–Crippen MR) is 117 cm³/mol. The maximum atomic E-state index is 10.4. The van der Waals surface area contributed by atoms with Gasteiger partial charge >= 0.3 is 0 Å². The van der Waals surface area contributed by atoms with Crippen molar-refractivity contribution in [2.45, 2.75) is 13.0 Å². The molecule has 1 atom stereocenters. The van der Waals surface area contributed by atoms with Gasteiger partial charge in [-0.3, -0.25) is 0 Å². The van der Waals surface area contributed by atoms with Gasteiger partial charge in [0.05, 0.1) is 0 Å². The number of aromatic nitrogens is 2. The molecule has 0 aliphatic carbocycles. The Morgan fingerprint density at radius 1 is 1.03 bits per heavy atom. The van der Waals surface area contributed by atoms with Crippen LogP contribution < -0.4 is 20.8 Å². The van der Waals surface area contributed by atoms with Crippen LogP contribution >= 0.6 is 0 Å². The van der Waals surface area contributed by atoms with E-state index in [1.54, 1.807) is 42.5 Å². The van der Waals surface area contributed by atoms with Crippen molar-refractivity contribution in [3.63, 3.8) is 0 Å². The Morgan fingerprint density at radius 2 is 1.72 bits per heavy atom. The number of rotatable bonds is 8. The molecule has 0 fully saturated rings. The van der Waals surface area contributed by atoms with E-state index in [0.29, 0.717) is 34.2 Å². The molecule has 3 N–H and O–H groups in total. The van der Waals surface area contributed by atoms with Gasteiger partial charge in [0.15, 0.2) is 0 Å². The Morgan fingerprint density at radius 3 is 2.38 bits per heavy atom. The first-order chi connectivity index (χ1) is 13.9. The fourth-order valence-corrected chi connectivity index (χ4v) is 2.54. The molecule has 0 bridgehead atoms. The fourth-order valence-electron chi connectivity index (χ4n) is 2.54. The summed E-state index contributed by atoms with van der Waals surface area (Å²) in [5.74, 6) is 1.63. The lowest BCUT2D eigenvalue weighted by Gasteiger charge is -2.17. The number of hydrogen-bond donors (Lipinski definition) is 3. The predicted octanol–water partition coefficient (Wildman–Crippen LogP) is 3.67. The van der Waals surface area contributed by atoms with Crippen LogP contribution in [0.4, 0.5) is 11.5 Å². The molecule has 3 aromatic rings. The van der Waals surface area contributed by atoms with Crippen LogP contribution in [0.25, 0.3) is 0 Å². The van der Waals surface area contributed by atoms with Crippen LogP contribution in [0.3, 0.4) is 0 Å². The Balaban J connectivity index is 1.62. The summed E-state index contributed by atoms with van der Waals surface area (Å²) in [6, 6.07) is 15.9. The van der Waals surface area contributed by atoms with Gasteiger partial charge in [0.25, 0.3) is 0 Å². The number of allylic oxidation sites excluding steroid dienone is 1. The van der Waals surface area contributed by atoms with Crippen molar-refractivity contribution in [1.29, 1.82) is 0 Å². The third-order valence-electron chi connectivity index (χ3n) is 3.95. The van der Waals surface area contributed by atoms with Crippen LogP contribution in [0.5, 0.6) is 11.6 Å². The topological polar surface area (TPSA) is 79.3 Å². The molecule has 0 aliphatic heterocycles. The number of anilines is 2. The first-order valence-electron chi connectivity index (χ1n) is 8.92. The van der Waals surface area contributed by atoms with Crippen molar-refractivity contribution in [2.24, 2.45) is 0 Å². The van der Waals surface area contributed by atoms with E-state index >= 15 is 0 Å². The molecule has 0 spiro atoms. The molecular weight excluding hydrogens is 363 g/mol. The lowest BCUT2D eigenvalue weighted by atomic mass is 9.94. The molecule has 6 nitrogen and oxygen atoms in total. The third-order valence-corrected chi connectivity index (χ3v) is 3.95. The first kappa shape index (κ1) is 20.2. The van der Waals surface area contributed by atoms with Crippen molar-refractivity contribution in [2.75, 3.05) is 10.6 Å². The average Bonchev–Trinajstić information content (AvgIpc) is 2.69. The van der Waals surface area contributed by atoms with Gasteiger partial charge in [0.2, 0.25) is 5.88 Å². The van der Waals surface area contributed by atoms with Gasteiger partial charge in [-0.15, -0.1) is 0 Å². The number of benzene rings is 2. The Hall–Kier alpha value is -3.58. The Kier molecular flexibility index (Phi) is 6.31. The zero-order chi connectivity index (χ0) is 20.8. The summed E-state index contributed by atoms with van der Waals surface area (Å²) in [7, 11) is 5.68. The van der Waals surface area contributed by atoms with Crippen LogP contribution in [0.2, 0.25) is 0 Å². The van der Waals surface area contributed by atoms with Crippen molar-refractivity contribution in [3.05, 3.63) is 91.0 Å². The van der Waals surface area contributed by atoms with Gasteiger partial charge in [-0.05, 0) is 36.8 Å². The summed E-state index contributed by atoms with van der Waals surface area (Å²) in [6.45, 7) is 9.54. The van der Waals surface area contributed by atoms with Crippen LogP contribution in [0.15, 0.2) is 85.5 Å². The number of nitrogens with one attached hydrogen (secondary N) is 2. The lowest BCUT2D eigenvalue weighted by molar-refractivity contribution is 0.217. The number of hydrogen-bond acceptors (Lipinski definition) is 6. The van der Waals surface area contributed by atoms with E-state index in [0.717, 1.165) is 11.4 Å². The summed E-state index contributed by atoms with van der Waals surface area (Å²) < 4.78 is 5.76. The van der Waals surface area contributed by atoms with E-state index in [1.165, 1.54) is 6.33 Å². The zero-order valence-corrected chi connectivity index (χ0v) is 16.1. The second kappa shape index (κ2) is 9.08. The Bertz CT molecular complexity index is 1000. The van der Waals surface area contributed by atoms with Gasteiger partial charge in [0, 0.05) is 23.1 Å². The number of ether oxygens (including phenoxy) is 1. The minimum absolute atomic E-state index is 0.410. The highest BCUT2D eigenvalue weighted by Gasteiger charge is 2.11. The molecule has 0 saturated carbocycles. The van der Waals surface area contributed by atoms with E-state index in [1.807, 2.05) is 19.1 Å². The standard InChI is InChI=1S/C22H21BN4O2/c1-14(2)26-20-12-21(25-13-24-20)29-19-10-8-18(9-11-19)27-15(3)22(28)16-4-6-17(23)7-5-16/h4-13,22,27-28H,1,3H2,2H3,(H,24,25,26). The molecule has 2 radical (unpaired) electrons. The average molecular weight is 384 g/mol. The largest absolute Gasteiger partial charge is 0.439 e. The highest BCUT2D eigenvalue weighted by molar-refractivity contribution is 6.32. The molecule has 29 heavy (non-hydrogen) atoms. The van der Waals surface area contributed by atoms with E-state index < -0.39 is 6.10 Å². The van der Waals surface area contributed by atoms with Crippen molar-refractivity contribution in [3.8, 4) is 11.6 Å². The van der Waals surface area contributed by atoms with Gasteiger partial charge in [-0.25, -0.2) is 9.97 Å². The summed E-state index contributed by atoms with van der Waals surface area (Å²) in [5, 5.41) is 16.5. The second-order valence-electron chi connectivity index (χ2n) is 6.49. The number of aliphatic hydroxyl groups excluding tert-OH is 1. The fraction of sp³-hybridized carbons (Fsp3) is 0.0909. The molecule has 3 rings (SSSR count). The minimum Gasteiger partial charge on any atom is -0.439 e. The number of nitrogens with zero attached hydrogens (tertiary/aromatic N) is 2. The quantitative estimate of drug-likeness (QED) is 0.515. The van der Waals surface area contributed by atoms with E-state index in [2.05, 4.69) is 33.8 Å². The highest BCUT2D eigenvalue weighted by Crippen LogP contribution is 2.25.